The summed E-state index contributed by atoms with van der Waals surface area (Å²) in [5.41, 5.74) is 15.1. The van der Waals surface area contributed by atoms with Crippen LogP contribution in [0.1, 0.15) is 0 Å². The van der Waals surface area contributed by atoms with Gasteiger partial charge in [-0.1, -0.05) is 188 Å². The van der Waals surface area contributed by atoms with E-state index in [1.54, 1.807) is 0 Å². The molecule has 61 heavy (non-hydrogen) atoms. The Morgan fingerprint density at radius 2 is 0.869 bits per heavy atom. The van der Waals surface area contributed by atoms with Crippen LogP contribution in [0.2, 0.25) is 0 Å². The van der Waals surface area contributed by atoms with E-state index >= 15 is 0 Å². The van der Waals surface area contributed by atoms with E-state index in [1.807, 2.05) is 12.1 Å². The molecule has 0 N–H and O–H groups in total. The van der Waals surface area contributed by atoms with Gasteiger partial charge in [0.2, 0.25) is 0 Å². The van der Waals surface area contributed by atoms with Crippen molar-refractivity contribution in [2.24, 2.45) is 0 Å². The van der Waals surface area contributed by atoms with E-state index < -0.39 is 0 Å². The molecule has 0 atom stereocenters. The number of hydrogen-bond acceptors (Lipinski definition) is 2. The fourth-order valence-electron chi connectivity index (χ4n) is 9.29. The molecule has 0 radical (unpaired) electrons. The molecule has 12 aromatic rings. The summed E-state index contributed by atoms with van der Waals surface area (Å²) in [5, 5.41) is 8.44. The zero-order valence-electron chi connectivity index (χ0n) is 33.2. The lowest BCUT2D eigenvalue weighted by Gasteiger charge is -2.16. The number of rotatable bonds is 6. The molecule has 9 aromatic carbocycles. The van der Waals surface area contributed by atoms with Gasteiger partial charge in [-0.25, -0.2) is 9.97 Å². The maximum absolute atomic E-state index is 5.64. The van der Waals surface area contributed by atoms with Crippen molar-refractivity contribution in [3.8, 4) is 61.7 Å². The van der Waals surface area contributed by atoms with Crippen LogP contribution in [0.4, 0.5) is 0 Å². The second kappa shape index (κ2) is 14.3. The maximum atomic E-state index is 5.64. The van der Waals surface area contributed by atoms with Crippen LogP contribution in [-0.4, -0.2) is 14.5 Å². The minimum atomic E-state index is 0.949. The summed E-state index contributed by atoms with van der Waals surface area (Å²) < 4.78 is 2.39. The molecule has 0 unspecified atom stereocenters. The van der Waals surface area contributed by atoms with Crippen molar-refractivity contribution >= 4 is 54.3 Å². The average Bonchev–Trinajstić information content (AvgIpc) is 3.68. The molecule has 0 amide bonds. The van der Waals surface area contributed by atoms with Crippen LogP contribution >= 0.6 is 0 Å². The highest BCUT2D eigenvalue weighted by molar-refractivity contribution is 6.24. The molecule has 3 heteroatoms. The van der Waals surface area contributed by atoms with Crippen LogP contribution in [0.5, 0.6) is 0 Å². The van der Waals surface area contributed by atoms with Crippen LogP contribution in [0.15, 0.2) is 224 Å². The zero-order chi connectivity index (χ0) is 40.3. The van der Waals surface area contributed by atoms with Crippen molar-refractivity contribution in [2.45, 2.75) is 0 Å². The highest BCUT2D eigenvalue weighted by Crippen LogP contribution is 2.42. The van der Waals surface area contributed by atoms with Crippen molar-refractivity contribution in [3.05, 3.63) is 224 Å². The van der Waals surface area contributed by atoms with Crippen molar-refractivity contribution < 1.29 is 0 Å². The van der Waals surface area contributed by atoms with Gasteiger partial charge >= 0.3 is 0 Å². The molecule has 0 aliphatic carbocycles. The van der Waals surface area contributed by atoms with Gasteiger partial charge < -0.3 is 4.57 Å². The molecule has 0 spiro atoms. The van der Waals surface area contributed by atoms with Crippen LogP contribution < -0.4 is 0 Å². The Balaban J connectivity index is 1.04. The van der Waals surface area contributed by atoms with E-state index in [-0.39, 0.29) is 0 Å². The van der Waals surface area contributed by atoms with E-state index in [0.29, 0.717) is 0 Å². The molecule has 0 bridgehead atoms. The second-order valence-electron chi connectivity index (χ2n) is 15.7. The Labute approximate surface area is 353 Å². The Morgan fingerprint density at radius 3 is 1.56 bits per heavy atom. The first-order valence-corrected chi connectivity index (χ1v) is 20.8. The zero-order valence-corrected chi connectivity index (χ0v) is 33.2. The van der Waals surface area contributed by atoms with E-state index in [1.165, 1.54) is 38.0 Å². The molecule has 0 fully saturated rings. The Morgan fingerprint density at radius 1 is 0.311 bits per heavy atom. The summed E-state index contributed by atoms with van der Waals surface area (Å²) in [6.45, 7) is 0. The van der Waals surface area contributed by atoms with Gasteiger partial charge in [0.25, 0.3) is 0 Å². The largest absolute Gasteiger partial charge is 0.309 e. The van der Waals surface area contributed by atoms with Crippen LogP contribution in [0, 0.1) is 0 Å². The highest BCUT2D eigenvalue weighted by Gasteiger charge is 2.18. The minimum Gasteiger partial charge on any atom is -0.309 e. The summed E-state index contributed by atoms with van der Waals surface area (Å²) in [7, 11) is 0. The first-order valence-electron chi connectivity index (χ1n) is 20.8. The molecular weight excluding hydrogens is 739 g/mol. The smallest absolute Gasteiger partial charge is 0.0794 e. The lowest BCUT2D eigenvalue weighted by molar-refractivity contribution is 1.18. The predicted octanol–water partition coefficient (Wildman–Crippen LogP) is 15.4. The fourth-order valence-corrected chi connectivity index (χ4v) is 9.29. The predicted molar refractivity (Wildman–Crippen MR) is 256 cm³/mol. The lowest BCUT2D eigenvalue weighted by Crippen LogP contribution is -1.96. The molecule has 3 heterocycles. The Kier molecular flexibility index (Phi) is 8.17. The Bertz CT molecular complexity index is 3510. The van der Waals surface area contributed by atoms with Gasteiger partial charge in [0.15, 0.2) is 0 Å². The second-order valence-corrected chi connectivity index (χ2v) is 15.7. The molecule has 12 rings (SSSR count). The maximum Gasteiger partial charge on any atom is 0.0794 e. The van der Waals surface area contributed by atoms with E-state index in [9.17, 15) is 0 Å². The summed E-state index contributed by atoms with van der Waals surface area (Å²) in [5.74, 6) is 0. The van der Waals surface area contributed by atoms with Gasteiger partial charge in [-0.05, 0) is 63.9 Å². The molecule has 0 saturated carbocycles. The number of aromatic nitrogens is 3. The lowest BCUT2D eigenvalue weighted by atomic mass is 9.92. The van der Waals surface area contributed by atoms with Gasteiger partial charge in [0, 0.05) is 54.9 Å². The molecular formula is C58H37N3. The highest BCUT2D eigenvalue weighted by atomic mass is 15.0. The summed E-state index contributed by atoms with van der Waals surface area (Å²) in [6.07, 6.45) is 0. The van der Waals surface area contributed by atoms with Gasteiger partial charge in [-0.3, -0.25) is 0 Å². The average molecular weight is 776 g/mol. The van der Waals surface area contributed by atoms with Crippen molar-refractivity contribution in [3.63, 3.8) is 0 Å². The van der Waals surface area contributed by atoms with Crippen LogP contribution in [0.3, 0.4) is 0 Å². The topological polar surface area (TPSA) is 30.7 Å². The SMILES string of the molecule is c1ccc(-c2cc(-c3ccc(-c4nc5c(-c6cccc(-n7c8ccccc8c8ccccc87)c6)cccc5c5c4ccc4ccccc45)cc3)cc(-c3ccccc3)n2)cc1. The minimum absolute atomic E-state index is 0.949. The normalized spacial score (nSPS) is 11.6. The third-order valence-corrected chi connectivity index (χ3v) is 12.2. The first kappa shape index (κ1) is 34.9. The number of hydrogen-bond donors (Lipinski definition) is 0. The van der Waals surface area contributed by atoms with Gasteiger partial charge in [-0.2, -0.15) is 0 Å². The van der Waals surface area contributed by atoms with Gasteiger partial charge in [-0.15, -0.1) is 0 Å². The van der Waals surface area contributed by atoms with E-state index in [2.05, 4.69) is 217 Å². The molecule has 284 valence electrons. The van der Waals surface area contributed by atoms with Crippen molar-refractivity contribution in [1.82, 2.24) is 14.5 Å². The van der Waals surface area contributed by atoms with Crippen LogP contribution in [-0.2, 0) is 0 Å². The quantitative estimate of drug-likeness (QED) is 0.158. The fraction of sp³-hybridized carbons (Fsp3) is 0. The molecule has 3 nitrogen and oxygen atoms in total. The van der Waals surface area contributed by atoms with Crippen LogP contribution in [0.25, 0.3) is 116 Å². The Hall–Kier alpha value is -8.14. The molecule has 0 aliphatic rings. The summed E-state index contributed by atoms with van der Waals surface area (Å²) >= 11 is 0. The number of benzene rings is 9. The third kappa shape index (κ3) is 5.90. The van der Waals surface area contributed by atoms with E-state index in [4.69, 9.17) is 9.97 Å². The molecule has 3 aromatic heterocycles. The van der Waals surface area contributed by atoms with Gasteiger partial charge in [0.05, 0.1) is 33.6 Å². The first-order chi connectivity index (χ1) is 30.2. The molecule has 0 saturated heterocycles. The van der Waals surface area contributed by atoms with E-state index in [0.717, 1.165) is 78.0 Å². The summed E-state index contributed by atoms with van der Waals surface area (Å²) in [4.78, 5) is 10.8. The third-order valence-electron chi connectivity index (χ3n) is 12.2. The number of fused-ring (bicyclic) bond motifs is 8. The molecule has 0 aliphatic heterocycles. The standard InChI is InChI=1S/C58H37N3/c1-3-16-40(17-4-1)52-36-44(37-53(59-52)41-18-5-2-6-19-41)38-29-31-42(32-30-38)57-51-34-33-39-15-7-8-22-46(39)56(51)50-26-14-25-47(58(50)60-57)43-20-13-21-45(35-43)61-54-27-11-9-23-48(54)49-24-10-12-28-55(49)61/h1-37H. The summed E-state index contributed by atoms with van der Waals surface area (Å²) in [6, 6.07) is 80.3. The number of nitrogens with zero attached hydrogens (tertiary/aromatic N) is 3. The van der Waals surface area contributed by atoms with Gasteiger partial charge in [0.1, 0.15) is 0 Å². The number of para-hydroxylation sites is 3. The monoisotopic (exact) mass is 775 g/mol. The van der Waals surface area contributed by atoms with Crippen molar-refractivity contribution in [1.29, 1.82) is 0 Å². The number of pyridine rings is 2. The van der Waals surface area contributed by atoms with Crippen molar-refractivity contribution in [2.75, 3.05) is 0 Å².